The zero-order chi connectivity index (χ0) is 11.9. The number of amides is 1. The number of aromatic amines is 1. The summed E-state index contributed by atoms with van der Waals surface area (Å²) in [5, 5.41) is 12.6. The highest BCUT2D eigenvalue weighted by Crippen LogP contribution is 2.08. The van der Waals surface area contributed by atoms with Crippen molar-refractivity contribution in [3.8, 4) is 0 Å². The van der Waals surface area contributed by atoms with Crippen LogP contribution in [-0.2, 0) is 0 Å². The van der Waals surface area contributed by atoms with Crippen molar-refractivity contribution in [2.45, 2.75) is 25.7 Å². The van der Waals surface area contributed by atoms with E-state index in [0.29, 0.717) is 12.2 Å². The third-order valence-corrected chi connectivity index (χ3v) is 3.06. The van der Waals surface area contributed by atoms with Crippen LogP contribution in [-0.4, -0.2) is 52.4 Å². The second kappa shape index (κ2) is 6.34. The molecule has 1 aromatic heterocycles. The lowest BCUT2D eigenvalue weighted by atomic mass is 10.2. The van der Waals surface area contributed by atoms with Gasteiger partial charge in [-0.15, -0.1) is 0 Å². The van der Waals surface area contributed by atoms with Gasteiger partial charge in [0.15, 0.2) is 5.69 Å². The molecule has 6 heteroatoms. The first-order chi connectivity index (χ1) is 8.36. The molecule has 1 saturated heterocycles. The van der Waals surface area contributed by atoms with Crippen LogP contribution < -0.4 is 5.32 Å². The molecule has 0 radical (unpaired) electrons. The normalized spacial score (nSPS) is 17.6. The van der Waals surface area contributed by atoms with Crippen molar-refractivity contribution in [2.75, 3.05) is 26.2 Å². The van der Waals surface area contributed by atoms with Crippen molar-refractivity contribution in [3.63, 3.8) is 0 Å². The quantitative estimate of drug-likeness (QED) is 0.795. The van der Waals surface area contributed by atoms with Crippen LogP contribution in [0, 0.1) is 0 Å². The lowest BCUT2D eigenvalue weighted by Crippen LogP contribution is -2.35. The van der Waals surface area contributed by atoms with E-state index < -0.39 is 0 Å². The predicted octanol–water partition coefficient (Wildman–Crippen LogP) is 0.410. The van der Waals surface area contributed by atoms with Gasteiger partial charge in [-0.3, -0.25) is 4.79 Å². The number of hydrogen-bond acceptors (Lipinski definition) is 4. The van der Waals surface area contributed by atoms with E-state index in [1.165, 1.54) is 31.9 Å². The maximum Gasteiger partial charge on any atom is 0.273 e. The van der Waals surface area contributed by atoms with Gasteiger partial charge in [0.1, 0.15) is 0 Å². The number of likely N-dealkylation sites (tertiary alicyclic amines) is 1. The Morgan fingerprint density at radius 3 is 2.76 bits per heavy atom. The van der Waals surface area contributed by atoms with Gasteiger partial charge in [0.05, 0.1) is 6.20 Å². The van der Waals surface area contributed by atoms with E-state index in [2.05, 4.69) is 25.6 Å². The number of aromatic nitrogens is 3. The number of carbonyl (C=O) groups excluding carboxylic acids is 1. The van der Waals surface area contributed by atoms with Gasteiger partial charge >= 0.3 is 0 Å². The number of carbonyl (C=O) groups is 1. The molecule has 0 atom stereocenters. The van der Waals surface area contributed by atoms with Crippen LogP contribution >= 0.6 is 0 Å². The molecule has 1 aromatic rings. The molecule has 2 heterocycles. The monoisotopic (exact) mass is 237 g/mol. The van der Waals surface area contributed by atoms with Crippen LogP contribution in [0.2, 0.25) is 0 Å². The first-order valence-corrected chi connectivity index (χ1v) is 6.22. The van der Waals surface area contributed by atoms with Crippen molar-refractivity contribution in [3.05, 3.63) is 11.9 Å². The summed E-state index contributed by atoms with van der Waals surface area (Å²) < 4.78 is 0. The van der Waals surface area contributed by atoms with Crippen LogP contribution in [0.3, 0.4) is 0 Å². The number of nitrogens with one attached hydrogen (secondary N) is 2. The third-order valence-electron chi connectivity index (χ3n) is 3.06. The molecule has 0 aromatic carbocycles. The summed E-state index contributed by atoms with van der Waals surface area (Å²) >= 11 is 0. The van der Waals surface area contributed by atoms with Crippen LogP contribution in [0.15, 0.2) is 6.20 Å². The van der Waals surface area contributed by atoms with Gasteiger partial charge in [-0.2, -0.15) is 15.4 Å². The fourth-order valence-electron chi connectivity index (χ4n) is 2.09. The van der Waals surface area contributed by atoms with E-state index in [0.717, 1.165) is 19.6 Å². The predicted molar refractivity (Wildman–Crippen MR) is 63.6 cm³/mol. The molecule has 0 aliphatic carbocycles. The fraction of sp³-hybridized carbons (Fsp3) is 0.727. The summed E-state index contributed by atoms with van der Waals surface area (Å²) in [4.78, 5) is 14.0. The summed E-state index contributed by atoms with van der Waals surface area (Å²) in [6.07, 6.45) is 6.65. The molecular weight excluding hydrogens is 218 g/mol. The number of rotatable bonds is 4. The van der Waals surface area contributed by atoms with E-state index in [4.69, 9.17) is 0 Å². The molecule has 0 unspecified atom stereocenters. The summed E-state index contributed by atoms with van der Waals surface area (Å²) in [6, 6.07) is 0. The second-order valence-electron chi connectivity index (χ2n) is 4.37. The second-order valence-corrected chi connectivity index (χ2v) is 4.37. The average molecular weight is 237 g/mol. The Bertz CT molecular complexity index is 330. The number of nitrogens with zero attached hydrogens (tertiary/aromatic N) is 3. The zero-order valence-electron chi connectivity index (χ0n) is 9.98. The summed E-state index contributed by atoms with van der Waals surface area (Å²) in [5.74, 6) is -0.159. The SMILES string of the molecule is O=C(NCCN1CCCCCC1)c1cn[nH]n1. The van der Waals surface area contributed by atoms with Crippen LogP contribution in [0.4, 0.5) is 0 Å². The van der Waals surface area contributed by atoms with Gasteiger partial charge in [0, 0.05) is 13.1 Å². The van der Waals surface area contributed by atoms with Crippen molar-refractivity contribution >= 4 is 5.91 Å². The maximum atomic E-state index is 11.6. The highest BCUT2D eigenvalue weighted by molar-refractivity contribution is 5.91. The third kappa shape index (κ3) is 3.81. The molecule has 0 saturated carbocycles. The standard InChI is InChI=1S/C11H19N5O/c17-11(10-9-13-15-14-10)12-5-8-16-6-3-1-2-4-7-16/h9H,1-8H2,(H,12,17)(H,13,14,15). The van der Waals surface area contributed by atoms with Crippen LogP contribution in [0.1, 0.15) is 36.2 Å². The summed E-state index contributed by atoms with van der Waals surface area (Å²) in [6.45, 7) is 3.90. The molecule has 17 heavy (non-hydrogen) atoms. The molecule has 1 aliphatic rings. The van der Waals surface area contributed by atoms with Crippen molar-refractivity contribution in [1.82, 2.24) is 25.6 Å². The maximum absolute atomic E-state index is 11.6. The van der Waals surface area contributed by atoms with Gasteiger partial charge in [0.2, 0.25) is 0 Å². The smallest absolute Gasteiger partial charge is 0.273 e. The van der Waals surface area contributed by atoms with E-state index in [9.17, 15) is 4.79 Å². The lowest BCUT2D eigenvalue weighted by molar-refractivity contribution is 0.0943. The highest BCUT2D eigenvalue weighted by Gasteiger charge is 2.10. The summed E-state index contributed by atoms with van der Waals surface area (Å²) in [7, 11) is 0. The van der Waals surface area contributed by atoms with Crippen molar-refractivity contribution < 1.29 is 4.79 Å². The van der Waals surface area contributed by atoms with E-state index in [1.807, 2.05) is 0 Å². The number of hydrogen-bond donors (Lipinski definition) is 2. The van der Waals surface area contributed by atoms with E-state index in [1.54, 1.807) is 0 Å². The number of H-pyrrole nitrogens is 1. The average Bonchev–Trinajstić information content (AvgIpc) is 2.75. The molecule has 0 bridgehead atoms. The van der Waals surface area contributed by atoms with Gasteiger partial charge in [-0.1, -0.05) is 12.8 Å². The molecule has 1 amide bonds. The minimum atomic E-state index is -0.159. The molecule has 2 N–H and O–H groups in total. The molecule has 1 fully saturated rings. The Morgan fingerprint density at radius 2 is 2.12 bits per heavy atom. The first kappa shape index (κ1) is 12.0. The first-order valence-electron chi connectivity index (χ1n) is 6.22. The highest BCUT2D eigenvalue weighted by atomic mass is 16.1. The van der Waals surface area contributed by atoms with Crippen LogP contribution in [0.5, 0.6) is 0 Å². The van der Waals surface area contributed by atoms with E-state index in [-0.39, 0.29) is 5.91 Å². The zero-order valence-corrected chi connectivity index (χ0v) is 9.98. The minimum absolute atomic E-state index is 0.159. The molecule has 1 aliphatic heterocycles. The largest absolute Gasteiger partial charge is 0.349 e. The van der Waals surface area contributed by atoms with Crippen molar-refractivity contribution in [2.24, 2.45) is 0 Å². The molecule has 6 nitrogen and oxygen atoms in total. The van der Waals surface area contributed by atoms with Crippen LogP contribution in [0.25, 0.3) is 0 Å². The molecular formula is C11H19N5O. The topological polar surface area (TPSA) is 73.9 Å². The molecule has 2 rings (SSSR count). The Labute approximate surface area is 101 Å². The van der Waals surface area contributed by atoms with Gasteiger partial charge in [0.25, 0.3) is 5.91 Å². The Kier molecular flexibility index (Phi) is 4.49. The Balaban J connectivity index is 1.66. The Hall–Kier alpha value is -1.43. The van der Waals surface area contributed by atoms with Gasteiger partial charge in [-0.25, -0.2) is 0 Å². The minimum Gasteiger partial charge on any atom is -0.349 e. The van der Waals surface area contributed by atoms with Gasteiger partial charge in [-0.05, 0) is 25.9 Å². The molecule has 0 spiro atoms. The van der Waals surface area contributed by atoms with E-state index >= 15 is 0 Å². The fourth-order valence-corrected chi connectivity index (χ4v) is 2.09. The van der Waals surface area contributed by atoms with Gasteiger partial charge < -0.3 is 10.2 Å². The Morgan fingerprint density at radius 1 is 1.35 bits per heavy atom. The molecule has 94 valence electrons. The van der Waals surface area contributed by atoms with Crippen molar-refractivity contribution in [1.29, 1.82) is 0 Å². The lowest BCUT2D eigenvalue weighted by Gasteiger charge is -2.19. The summed E-state index contributed by atoms with van der Waals surface area (Å²) in [5.41, 5.74) is 0.348.